The summed E-state index contributed by atoms with van der Waals surface area (Å²) in [5.74, 6) is -3.53. The number of carbonyl (C=O) groups is 1. The van der Waals surface area contributed by atoms with Gasteiger partial charge in [0.15, 0.2) is 0 Å². The minimum atomic E-state index is -4.09. The highest BCUT2D eigenvalue weighted by atomic mass is 32.2. The molecular weight excluding hydrogens is 328 g/mol. The molecule has 0 aliphatic rings. The first-order chi connectivity index (χ1) is 10.7. The molecule has 0 aromatic heterocycles. The van der Waals surface area contributed by atoms with Crippen LogP contribution in [0.4, 0.5) is 8.78 Å². The van der Waals surface area contributed by atoms with Crippen molar-refractivity contribution in [2.45, 2.75) is 24.7 Å². The van der Waals surface area contributed by atoms with Gasteiger partial charge in [-0.15, -0.1) is 0 Å². The maximum Gasteiger partial charge on any atom is 0.273 e. The smallest absolute Gasteiger partial charge is 0.273 e. The average molecular weight is 349 g/mol. The number of hydrogen-bond acceptors (Lipinski definition) is 4. The minimum Gasteiger partial charge on any atom is -0.339 e. The molecule has 23 heavy (non-hydrogen) atoms. The monoisotopic (exact) mass is 349 g/mol. The highest BCUT2D eigenvalue weighted by Crippen LogP contribution is 2.15. The number of nitrogens with one attached hydrogen (secondary N) is 1. The second kappa shape index (κ2) is 7.80. The SMILES string of the molecule is CCN(CC)C(=O)c1ccc(S(=O)(=O)NCC(F)(F)CN)cc1. The lowest BCUT2D eigenvalue weighted by Crippen LogP contribution is -2.41. The van der Waals surface area contributed by atoms with Crippen LogP contribution >= 0.6 is 0 Å². The van der Waals surface area contributed by atoms with Gasteiger partial charge >= 0.3 is 0 Å². The zero-order valence-corrected chi connectivity index (χ0v) is 13.9. The molecule has 1 rings (SSSR count). The molecule has 130 valence electrons. The summed E-state index contributed by atoms with van der Waals surface area (Å²) in [6.07, 6.45) is 0. The molecule has 0 heterocycles. The van der Waals surface area contributed by atoms with E-state index in [0.29, 0.717) is 18.7 Å². The van der Waals surface area contributed by atoms with Crippen molar-refractivity contribution in [2.75, 3.05) is 26.2 Å². The van der Waals surface area contributed by atoms with Crippen LogP contribution in [0.15, 0.2) is 29.2 Å². The fourth-order valence-corrected chi connectivity index (χ4v) is 2.89. The third-order valence-electron chi connectivity index (χ3n) is 3.28. The molecule has 9 heteroatoms. The molecule has 0 bridgehead atoms. The van der Waals surface area contributed by atoms with E-state index in [1.54, 1.807) is 4.90 Å². The summed E-state index contributed by atoms with van der Waals surface area (Å²) >= 11 is 0. The fraction of sp³-hybridized carbons (Fsp3) is 0.500. The minimum absolute atomic E-state index is 0.193. The molecule has 1 aromatic carbocycles. The van der Waals surface area contributed by atoms with Gasteiger partial charge in [0.05, 0.1) is 18.0 Å². The van der Waals surface area contributed by atoms with E-state index in [1.165, 1.54) is 24.3 Å². The number of benzene rings is 1. The third-order valence-corrected chi connectivity index (χ3v) is 4.70. The normalized spacial score (nSPS) is 12.2. The van der Waals surface area contributed by atoms with Gasteiger partial charge in [-0.1, -0.05) is 0 Å². The van der Waals surface area contributed by atoms with Crippen LogP contribution in [-0.4, -0.2) is 51.3 Å². The van der Waals surface area contributed by atoms with Gasteiger partial charge in [-0.2, -0.15) is 0 Å². The van der Waals surface area contributed by atoms with Gasteiger partial charge in [-0.05, 0) is 38.1 Å². The van der Waals surface area contributed by atoms with Gasteiger partial charge in [0.25, 0.3) is 11.8 Å². The molecule has 0 unspecified atom stereocenters. The van der Waals surface area contributed by atoms with Crippen molar-refractivity contribution in [3.8, 4) is 0 Å². The van der Waals surface area contributed by atoms with E-state index in [9.17, 15) is 22.0 Å². The zero-order valence-electron chi connectivity index (χ0n) is 13.1. The van der Waals surface area contributed by atoms with Crippen LogP contribution in [0.25, 0.3) is 0 Å². The van der Waals surface area contributed by atoms with E-state index in [0.717, 1.165) is 0 Å². The Balaban J connectivity index is 2.89. The van der Waals surface area contributed by atoms with Gasteiger partial charge < -0.3 is 10.6 Å². The Morgan fingerprint density at radius 2 is 1.74 bits per heavy atom. The second-order valence-electron chi connectivity index (χ2n) is 4.89. The van der Waals surface area contributed by atoms with Crippen LogP contribution in [0.1, 0.15) is 24.2 Å². The first-order valence-corrected chi connectivity index (χ1v) is 8.62. The van der Waals surface area contributed by atoms with E-state index < -0.39 is 29.0 Å². The number of amides is 1. The Morgan fingerprint density at radius 1 is 1.22 bits per heavy atom. The highest BCUT2D eigenvalue weighted by Gasteiger charge is 2.29. The topological polar surface area (TPSA) is 92.5 Å². The molecule has 0 saturated heterocycles. The van der Waals surface area contributed by atoms with E-state index in [1.807, 2.05) is 18.6 Å². The molecule has 3 N–H and O–H groups in total. The van der Waals surface area contributed by atoms with Gasteiger partial charge in [0.2, 0.25) is 10.0 Å². The molecule has 0 fully saturated rings. The van der Waals surface area contributed by atoms with Crippen LogP contribution in [0.3, 0.4) is 0 Å². The standard InChI is InChI=1S/C14H21F2N3O3S/c1-3-19(4-2)13(20)11-5-7-12(8-6-11)23(21,22)18-10-14(15,16)9-17/h5-8,18H,3-4,9-10,17H2,1-2H3. The third kappa shape index (κ3) is 5.22. The maximum absolute atomic E-state index is 13.0. The number of alkyl halides is 2. The number of halogens is 2. The number of nitrogens with zero attached hydrogens (tertiary/aromatic N) is 1. The number of hydrogen-bond donors (Lipinski definition) is 2. The van der Waals surface area contributed by atoms with Gasteiger partial charge in [0.1, 0.15) is 0 Å². The molecule has 1 amide bonds. The molecule has 1 aromatic rings. The number of rotatable bonds is 8. The summed E-state index contributed by atoms with van der Waals surface area (Å²) in [6.45, 7) is 2.71. The number of nitrogens with two attached hydrogens (primary N) is 1. The Hall–Kier alpha value is -1.58. The van der Waals surface area contributed by atoms with Gasteiger partial charge in [-0.25, -0.2) is 21.9 Å². The molecule has 0 aliphatic carbocycles. The van der Waals surface area contributed by atoms with Crippen molar-refractivity contribution in [3.05, 3.63) is 29.8 Å². The predicted molar refractivity (Wildman–Crippen MR) is 82.9 cm³/mol. The van der Waals surface area contributed by atoms with Crippen molar-refractivity contribution < 1.29 is 22.0 Å². The van der Waals surface area contributed by atoms with E-state index in [4.69, 9.17) is 5.73 Å². The molecule has 0 aliphatic heterocycles. The van der Waals surface area contributed by atoms with Crippen molar-refractivity contribution >= 4 is 15.9 Å². The largest absolute Gasteiger partial charge is 0.339 e. The highest BCUT2D eigenvalue weighted by molar-refractivity contribution is 7.89. The first-order valence-electron chi connectivity index (χ1n) is 7.13. The molecular formula is C14H21F2N3O3S. The van der Waals surface area contributed by atoms with E-state index in [-0.39, 0.29) is 10.8 Å². The van der Waals surface area contributed by atoms with Crippen molar-refractivity contribution in [1.29, 1.82) is 0 Å². The second-order valence-corrected chi connectivity index (χ2v) is 6.65. The van der Waals surface area contributed by atoms with Crippen LogP contribution in [0.5, 0.6) is 0 Å². The Labute approximate surface area is 134 Å². The molecule has 0 saturated carbocycles. The lowest BCUT2D eigenvalue weighted by Gasteiger charge is -2.18. The predicted octanol–water partition coefficient (Wildman–Crippen LogP) is 1.04. The molecule has 0 radical (unpaired) electrons. The first kappa shape index (κ1) is 19.5. The summed E-state index contributed by atoms with van der Waals surface area (Å²) in [4.78, 5) is 13.5. The van der Waals surface area contributed by atoms with Crippen LogP contribution in [0, 0.1) is 0 Å². The van der Waals surface area contributed by atoms with Gasteiger partial charge in [-0.3, -0.25) is 4.79 Å². The van der Waals surface area contributed by atoms with Crippen LogP contribution in [-0.2, 0) is 10.0 Å². The summed E-state index contributed by atoms with van der Waals surface area (Å²) in [5.41, 5.74) is 5.19. The van der Waals surface area contributed by atoms with Crippen molar-refractivity contribution in [1.82, 2.24) is 9.62 Å². The molecule has 0 spiro atoms. The van der Waals surface area contributed by atoms with Crippen LogP contribution < -0.4 is 10.5 Å². The average Bonchev–Trinajstić information content (AvgIpc) is 2.54. The lowest BCUT2D eigenvalue weighted by atomic mass is 10.2. The van der Waals surface area contributed by atoms with E-state index >= 15 is 0 Å². The zero-order chi connectivity index (χ0) is 17.7. The molecule has 0 atom stereocenters. The van der Waals surface area contributed by atoms with Crippen molar-refractivity contribution in [3.63, 3.8) is 0 Å². The lowest BCUT2D eigenvalue weighted by molar-refractivity contribution is 0.0170. The van der Waals surface area contributed by atoms with Crippen molar-refractivity contribution in [2.24, 2.45) is 5.73 Å². The van der Waals surface area contributed by atoms with Gasteiger partial charge in [0, 0.05) is 18.7 Å². The Morgan fingerprint density at radius 3 is 2.17 bits per heavy atom. The summed E-state index contributed by atoms with van der Waals surface area (Å²) in [7, 11) is -4.09. The van der Waals surface area contributed by atoms with Crippen LogP contribution in [0.2, 0.25) is 0 Å². The maximum atomic E-state index is 13.0. The Bertz CT molecular complexity index is 629. The van der Waals surface area contributed by atoms with E-state index in [2.05, 4.69) is 0 Å². The summed E-state index contributed by atoms with van der Waals surface area (Å²) < 4.78 is 51.8. The molecule has 6 nitrogen and oxygen atoms in total. The summed E-state index contributed by atoms with van der Waals surface area (Å²) in [5, 5.41) is 0. The Kier molecular flexibility index (Phi) is 6.60. The summed E-state index contributed by atoms with van der Waals surface area (Å²) in [6, 6.07) is 5.13. The fourth-order valence-electron chi connectivity index (χ4n) is 1.83. The number of sulfonamides is 1. The quantitative estimate of drug-likeness (QED) is 0.733. The number of carbonyl (C=O) groups excluding carboxylic acids is 1.